The molecular formula is C8H5F3N2S2. The van der Waals surface area contributed by atoms with E-state index in [1.165, 1.54) is 11.3 Å². The summed E-state index contributed by atoms with van der Waals surface area (Å²) in [5.41, 5.74) is 4.28. The van der Waals surface area contributed by atoms with E-state index in [1.54, 1.807) is 17.5 Å². The lowest BCUT2D eigenvalue weighted by Crippen LogP contribution is -2.07. The number of thiazole rings is 1. The molecule has 2 heterocycles. The molecule has 2 nitrogen and oxygen atoms in total. The van der Waals surface area contributed by atoms with E-state index in [4.69, 9.17) is 5.73 Å². The fourth-order valence-corrected chi connectivity index (χ4v) is 2.69. The largest absolute Gasteiger partial charge is 0.436 e. The molecule has 0 aliphatic heterocycles. The van der Waals surface area contributed by atoms with Gasteiger partial charge in [-0.2, -0.15) is 13.2 Å². The van der Waals surface area contributed by atoms with Gasteiger partial charge >= 0.3 is 6.18 Å². The van der Waals surface area contributed by atoms with E-state index in [0.29, 0.717) is 9.88 Å². The molecule has 0 spiro atoms. The highest BCUT2D eigenvalue weighted by Gasteiger charge is 2.37. The minimum atomic E-state index is -4.48. The van der Waals surface area contributed by atoms with Gasteiger partial charge in [-0.1, -0.05) is 17.4 Å². The summed E-state index contributed by atoms with van der Waals surface area (Å²) in [7, 11) is 0. The van der Waals surface area contributed by atoms with E-state index in [-0.39, 0.29) is 5.00 Å². The number of halogens is 3. The van der Waals surface area contributed by atoms with Crippen LogP contribution in [0.4, 0.5) is 18.2 Å². The maximum absolute atomic E-state index is 12.4. The van der Waals surface area contributed by atoms with Crippen LogP contribution in [0.25, 0.3) is 9.88 Å². The summed E-state index contributed by atoms with van der Waals surface area (Å²) in [6.07, 6.45) is -4.48. The molecule has 0 radical (unpaired) electrons. The second-order valence-electron chi connectivity index (χ2n) is 2.71. The molecule has 80 valence electrons. The van der Waals surface area contributed by atoms with Crippen LogP contribution in [0, 0.1) is 0 Å². The molecule has 0 aliphatic rings. The van der Waals surface area contributed by atoms with Gasteiger partial charge in [-0.05, 0) is 11.4 Å². The molecule has 0 saturated heterocycles. The Morgan fingerprint density at radius 3 is 2.53 bits per heavy atom. The molecule has 0 unspecified atom stereocenters. The SMILES string of the molecule is Nc1sc(-c2cccs2)nc1C(F)(F)F. The van der Waals surface area contributed by atoms with Crippen molar-refractivity contribution in [3.8, 4) is 9.88 Å². The van der Waals surface area contributed by atoms with E-state index in [1.807, 2.05) is 0 Å². The Balaban J connectivity index is 2.47. The molecule has 0 aromatic carbocycles. The summed E-state index contributed by atoms with van der Waals surface area (Å²) in [5.74, 6) is 0. The highest BCUT2D eigenvalue weighted by molar-refractivity contribution is 7.23. The van der Waals surface area contributed by atoms with Gasteiger partial charge in [0.25, 0.3) is 0 Å². The van der Waals surface area contributed by atoms with Crippen molar-refractivity contribution in [2.75, 3.05) is 5.73 Å². The van der Waals surface area contributed by atoms with Crippen LogP contribution in [0.15, 0.2) is 17.5 Å². The molecule has 15 heavy (non-hydrogen) atoms. The van der Waals surface area contributed by atoms with E-state index in [9.17, 15) is 13.2 Å². The Morgan fingerprint density at radius 2 is 2.07 bits per heavy atom. The van der Waals surface area contributed by atoms with Crippen molar-refractivity contribution in [2.24, 2.45) is 0 Å². The molecule has 0 aliphatic carbocycles. The third-order valence-electron chi connectivity index (χ3n) is 1.65. The topological polar surface area (TPSA) is 38.9 Å². The van der Waals surface area contributed by atoms with Crippen molar-refractivity contribution in [2.45, 2.75) is 6.18 Å². The van der Waals surface area contributed by atoms with Gasteiger partial charge in [-0.3, -0.25) is 0 Å². The first-order valence-electron chi connectivity index (χ1n) is 3.86. The summed E-state index contributed by atoms with van der Waals surface area (Å²) in [4.78, 5) is 4.20. The fraction of sp³-hybridized carbons (Fsp3) is 0.125. The monoisotopic (exact) mass is 250 g/mol. The first kappa shape index (κ1) is 10.4. The van der Waals surface area contributed by atoms with Crippen LogP contribution in [-0.2, 0) is 6.18 Å². The van der Waals surface area contributed by atoms with Crippen molar-refractivity contribution in [3.63, 3.8) is 0 Å². The van der Waals surface area contributed by atoms with Crippen LogP contribution in [0.1, 0.15) is 5.69 Å². The summed E-state index contributed by atoms with van der Waals surface area (Å²) in [6, 6.07) is 3.47. The number of hydrogen-bond donors (Lipinski definition) is 1. The second-order valence-corrected chi connectivity index (χ2v) is 4.69. The zero-order valence-corrected chi connectivity index (χ0v) is 8.84. The number of hydrogen-bond acceptors (Lipinski definition) is 4. The maximum Gasteiger partial charge on any atom is 0.436 e. The van der Waals surface area contributed by atoms with Crippen LogP contribution < -0.4 is 5.73 Å². The third kappa shape index (κ3) is 1.98. The first-order valence-corrected chi connectivity index (χ1v) is 5.55. The summed E-state index contributed by atoms with van der Waals surface area (Å²) in [6.45, 7) is 0. The maximum atomic E-state index is 12.4. The molecule has 2 N–H and O–H groups in total. The lowest BCUT2D eigenvalue weighted by Gasteiger charge is -2.01. The average molecular weight is 250 g/mol. The number of rotatable bonds is 1. The molecule has 0 bridgehead atoms. The molecule has 2 aromatic rings. The van der Waals surface area contributed by atoms with Crippen LogP contribution in [-0.4, -0.2) is 4.98 Å². The van der Waals surface area contributed by atoms with E-state index in [2.05, 4.69) is 4.98 Å². The summed E-state index contributed by atoms with van der Waals surface area (Å²) < 4.78 is 37.1. The lowest BCUT2D eigenvalue weighted by molar-refractivity contribution is -0.140. The molecule has 0 saturated carbocycles. The van der Waals surface area contributed by atoms with E-state index in [0.717, 1.165) is 11.3 Å². The van der Waals surface area contributed by atoms with Crippen molar-refractivity contribution in [1.29, 1.82) is 0 Å². The summed E-state index contributed by atoms with van der Waals surface area (Å²) >= 11 is 2.19. The number of nitrogen functional groups attached to an aromatic ring is 1. The van der Waals surface area contributed by atoms with Crippen LogP contribution >= 0.6 is 22.7 Å². The predicted molar refractivity (Wildman–Crippen MR) is 54.8 cm³/mol. The minimum absolute atomic E-state index is 0.286. The van der Waals surface area contributed by atoms with Crippen molar-refractivity contribution < 1.29 is 13.2 Å². The Labute approximate surface area is 91.2 Å². The number of anilines is 1. The highest BCUT2D eigenvalue weighted by atomic mass is 32.1. The molecular weight excluding hydrogens is 245 g/mol. The molecule has 0 atom stereocenters. The van der Waals surface area contributed by atoms with Crippen LogP contribution in [0.3, 0.4) is 0 Å². The van der Waals surface area contributed by atoms with E-state index >= 15 is 0 Å². The van der Waals surface area contributed by atoms with Crippen LogP contribution in [0.5, 0.6) is 0 Å². The fourth-order valence-electron chi connectivity index (χ4n) is 1.04. The molecule has 2 rings (SSSR count). The van der Waals surface area contributed by atoms with Gasteiger partial charge in [0.1, 0.15) is 10.0 Å². The van der Waals surface area contributed by atoms with Gasteiger partial charge in [-0.25, -0.2) is 4.98 Å². The first-order chi connectivity index (χ1) is 6.98. The Bertz CT molecular complexity index is 459. The van der Waals surface area contributed by atoms with Gasteiger partial charge in [0, 0.05) is 0 Å². The van der Waals surface area contributed by atoms with Gasteiger partial charge in [-0.15, -0.1) is 11.3 Å². The van der Waals surface area contributed by atoms with Crippen molar-refractivity contribution in [3.05, 3.63) is 23.2 Å². The quantitative estimate of drug-likeness (QED) is 0.841. The van der Waals surface area contributed by atoms with Crippen LogP contribution in [0.2, 0.25) is 0 Å². The van der Waals surface area contributed by atoms with E-state index < -0.39 is 11.9 Å². The minimum Gasteiger partial charge on any atom is -0.389 e. The third-order valence-corrected chi connectivity index (χ3v) is 3.58. The molecule has 7 heteroatoms. The van der Waals surface area contributed by atoms with Gasteiger partial charge in [0.15, 0.2) is 5.69 Å². The molecule has 2 aromatic heterocycles. The average Bonchev–Trinajstić information content (AvgIpc) is 2.68. The smallest absolute Gasteiger partial charge is 0.389 e. The Morgan fingerprint density at radius 1 is 1.33 bits per heavy atom. The number of nitrogens with zero attached hydrogens (tertiary/aromatic N) is 1. The second kappa shape index (κ2) is 3.49. The molecule has 0 amide bonds. The lowest BCUT2D eigenvalue weighted by atomic mass is 10.4. The number of alkyl halides is 3. The number of aromatic nitrogens is 1. The Hall–Kier alpha value is -1.08. The number of thiophene rings is 1. The van der Waals surface area contributed by atoms with Crippen molar-refractivity contribution >= 4 is 27.7 Å². The Kier molecular flexibility index (Phi) is 2.43. The number of nitrogens with two attached hydrogens (primary N) is 1. The molecule has 0 fully saturated rings. The van der Waals surface area contributed by atoms with Gasteiger partial charge < -0.3 is 5.73 Å². The zero-order chi connectivity index (χ0) is 11.1. The van der Waals surface area contributed by atoms with Gasteiger partial charge in [0.2, 0.25) is 0 Å². The van der Waals surface area contributed by atoms with Crippen molar-refractivity contribution in [1.82, 2.24) is 4.98 Å². The van der Waals surface area contributed by atoms with Gasteiger partial charge in [0.05, 0.1) is 4.88 Å². The standard InChI is InChI=1S/C8H5F3N2S2/c9-8(10,11)5-6(12)15-7(13-5)4-2-1-3-14-4/h1-3H,12H2. The highest BCUT2D eigenvalue weighted by Crippen LogP contribution is 2.40. The predicted octanol–water partition coefficient (Wildman–Crippen LogP) is 3.47. The summed E-state index contributed by atoms with van der Waals surface area (Å²) in [5, 5.41) is 1.81. The normalized spacial score (nSPS) is 11.9. The zero-order valence-electron chi connectivity index (χ0n) is 7.21.